The molecule has 3 atom stereocenters. The molecule has 3 saturated heterocycles. The lowest BCUT2D eigenvalue weighted by atomic mass is 10.0. The van der Waals surface area contributed by atoms with Gasteiger partial charge in [-0.15, -0.1) is 5.10 Å². The van der Waals surface area contributed by atoms with Gasteiger partial charge in [-0.3, -0.25) is 4.90 Å². The number of aromatic nitrogens is 3. The third kappa shape index (κ3) is 2.89. The Labute approximate surface area is 160 Å². The van der Waals surface area contributed by atoms with E-state index in [-0.39, 0.29) is 30.0 Å². The summed E-state index contributed by atoms with van der Waals surface area (Å²) in [5.41, 5.74) is 0.219. The molecule has 148 valence electrons. The third-order valence-electron chi connectivity index (χ3n) is 6.00. The molecule has 2 aromatic rings. The van der Waals surface area contributed by atoms with Crippen molar-refractivity contribution in [2.75, 3.05) is 16.3 Å². The van der Waals surface area contributed by atoms with Crippen LogP contribution in [0.3, 0.4) is 0 Å². The van der Waals surface area contributed by atoms with Crippen LogP contribution in [0.5, 0.6) is 0 Å². The van der Waals surface area contributed by atoms with E-state index in [1.165, 1.54) is 23.2 Å². The molecule has 0 saturated carbocycles. The van der Waals surface area contributed by atoms with E-state index in [2.05, 4.69) is 10.3 Å². The highest BCUT2D eigenvalue weighted by Gasteiger charge is 2.40. The maximum absolute atomic E-state index is 15.0. The fourth-order valence-electron chi connectivity index (χ4n) is 4.80. The number of rotatable bonds is 4. The van der Waals surface area contributed by atoms with Gasteiger partial charge < -0.3 is 9.64 Å². The fraction of sp³-hybridized carbons (Fsp3) is 0.526. The van der Waals surface area contributed by atoms with Crippen LogP contribution < -0.4 is 9.80 Å². The molecule has 0 spiro atoms. The van der Waals surface area contributed by atoms with Gasteiger partial charge in [-0.25, -0.2) is 18.3 Å². The summed E-state index contributed by atoms with van der Waals surface area (Å²) in [6, 6.07) is 2.90. The molecule has 3 fully saturated rings. The van der Waals surface area contributed by atoms with Crippen LogP contribution in [0, 0.1) is 11.6 Å². The third-order valence-corrected chi connectivity index (χ3v) is 6.00. The molecule has 1 aromatic heterocycles. The Bertz CT molecular complexity index is 851. The first-order chi connectivity index (χ1) is 13.6. The van der Waals surface area contributed by atoms with Gasteiger partial charge in [-0.05, 0) is 32.1 Å². The Hall–Kier alpha value is -2.71. The molecule has 0 aliphatic carbocycles. The Balaban J connectivity index is 1.38. The number of carbonyl (C=O) groups excluding carboxylic acids is 1. The van der Waals surface area contributed by atoms with E-state index in [1.54, 1.807) is 10.9 Å². The molecule has 9 heteroatoms. The van der Waals surface area contributed by atoms with Crippen LogP contribution in [0.2, 0.25) is 0 Å². The number of benzene rings is 1. The summed E-state index contributed by atoms with van der Waals surface area (Å²) in [6.07, 6.45) is 7.14. The van der Waals surface area contributed by atoms with Gasteiger partial charge in [0.2, 0.25) is 0 Å². The van der Waals surface area contributed by atoms with Crippen LogP contribution >= 0.6 is 0 Å². The summed E-state index contributed by atoms with van der Waals surface area (Å²) in [4.78, 5) is 15.4. The van der Waals surface area contributed by atoms with Crippen molar-refractivity contribution in [1.82, 2.24) is 15.0 Å². The predicted molar refractivity (Wildman–Crippen MR) is 97.1 cm³/mol. The van der Waals surface area contributed by atoms with Crippen molar-refractivity contribution in [2.24, 2.45) is 0 Å². The number of amides is 1. The number of hydrogen-bond acceptors (Lipinski definition) is 5. The first-order valence-electron chi connectivity index (χ1n) is 9.70. The SMILES string of the molecule is O=C1O[C@@H](Cn2ccnn2)CN1c1cc(F)c(N2C3CCCC2CC3)c(F)c1. The number of piperidine rings is 1. The van der Waals surface area contributed by atoms with Crippen molar-refractivity contribution >= 4 is 17.5 Å². The predicted octanol–water partition coefficient (Wildman–Crippen LogP) is 3.10. The van der Waals surface area contributed by atoms with Crippen molar-refractivity contribution in [3.05, 3.63) is 36.2 Å². The molecular weight excluding hydrogens is 368 g/mol. The van der Waals surface area contributed by atoms with Gasteiger partial charge in [0.25, 0.3) is 0 Å². The summed E-state index contributed by atoms with van der Waals surface area (Å²) < 4.78 is 36.8. The molecular formula is C19H21F2N5O2. The maximum Gasteiger partial charge on any atom is 0.414 e. The topological polar surface area (TPSA) is 63.5 Å². The van der Waals surface area contributed by atoms with E-state index in [9.17, 15) is 13.6 Å². The quantitative estimate of drug-likeness (QED) is 0.804. The van der Waals surface area contributed by atoms with Crippen molar-refractivity contribution in [1.29, 1.82) is 0 Å². The van der Waals surface area contributed by atoms with Crippen molar-refractivity contribution < 1.29 is 18.3 Å². The standard InChI is InChI=1S/C19H21F2N5O2/c20-16-8-14(25-11-15(28-19(25)27)10-24-7-6-22-23-24)9-17(21)18(16)26-12-2-1-3-13(26)5-4-12/h6-9,12-13,15H,1-5,10-11H2/t12?,13?,15-/m0/s1. The van der Waals surface area contributed by atoms with Crippen LogP contribution in [0.4, 0.5) is 25.0 Å². The van der Waals surface area contributed by atoms with E-state index in [4.69, 9.17) is 4.74 Å². The summed E-state index contributed by atoms with van der Waals surface area (Å²) in [7, 11) is 0. The molecule has 7 nitrogen and oxygen atoms in total. The average Bonchev–Trinajstić information content (AvgIpc) is 3.34. The first kappa shape index (κ1) is 17.4. The van der Waals surface area contributed by atoms with Gasteiger partial charge in [0.05, 0.1) is 25.0 Å². The molecule has 1 amide bonds. The second-order valence-electron chi connectivity index (χ2n) is 7.72. The summed E-state index contributed by atoms with van der Waals surface area (Å²) in [6.45, 7) is 0.536. The number of carbonyl (C=O) groups is 1. The summed E-state index contributed by atoms with van der Waals surface area (Å²) in [5.74, 6) is -1.25. The molecule has 3 aliphatic heterocycles. The molecule has 4 heterocycles. The zero-order valence-corrected chi connectivity index (χ0v) is 15.3. The number of anilines is 2. The van der Waals surface area contributed by atoms with Gasteiger partial charge in [0, 0.05) is 30.4 Å². The molecule has 1 aromatic carbocycles. The van der Waals surface area contributed by atoms with E-state index >= 15 is 0 Å². The Morgan fingerprint density at radius 1 is 1.11 bits per heavy atom. The Morgan fingerprint density at radius 2 is 1.82 bits per heavy atom. The lowest BCUT2D eigenvalue weighted by Gasteiger charge is -2.37. The van der Waals surface area contributed by atoms with Crippen LogP contribution in [0.25, 0.3) is 0 Å². The number of hydrogen-bond donors (Lipinski definition) is 0. The number of fused-ring (bicyclic) bond motifs is 2. The summed E-state index contributed by atoms with van der Waals surface area (Å²) in [5, 5.41) is 7.56. The van der Waals surface area contributed by atoms with Crippen LogP contribution in [-0.2, 0) is 11.3 Å². The Morgan fingerprint density at radius 3 is 2.46 bits per heavy atom. The van der Waals surface area contributed by atoms with Gasteiger partial charge in [-0.1, -0.05) is 5.21 Å². The number of nitrogens with zero attached hydrogens (tertiary/aromatic N) is 5. The van der Waals surface area contributed by atoms with E-state index < -0.39 is 23.8 Å². The van der Waals surface area contributed by atoms with Gasteiger partial charge in [0.15, 0.2) is 11.6 Å². The van der Waals surface area contributed by atoms with Crippen LogP contribution in [0.1, 0.15) is 32.1 Å². The van der Waals surface area contributed by atoms with E-state index in [0.717, 1.165) is 32.1 Å². The first-order valence-corrected chi connectivity index (χ1v) is 9.70. The smallest absolute Gasteiger partial charge is 0.414 e. The minimum atomic E-state index is -0.624. The lowest BCUT2D eigenvalue weighted by molar-refractivity contribution is 0.129. The normalized spacial score (nSPS) is 26.8. The van der Waals surface area contributed by atoms with Gasteiger partial charge in [-0.2, -0.15) is 0 Å². The molecule has 5 rings (SSSR count). The highest BCUT2D eigenvalue weighted by atomic mass is 19.1. The monoisotopic (exact) mass is 389 g/mol. The van der Waals surface area contributed by atoms with Gasteiger partial charge >= 0.3 is 6.09 Å². The minimum absolute atomic E-state index is 0.0441. The molecule has 0 N–H and O–H groups in total. The number of ether oxygens (including phenoxy) is 1. The molecule has 2 bridgehead atoms. The molecule has 2 unspecified atom stereocenters. The van der Waals surface area contributed by atoms with Crippen LogP contribution in [-0.4, -0.2) is 45.8 Å². The Kier molecular flexibility index (Phi) is 4.17. The fourth-order valence-corrected chi connectivity index (χ4v) is 4.80. The van der Waals surface area contributed by atoms with E-state index in [0.29, 0.717) is 6.54 Å². The largest absolute Gasteiger partial charge is 0.442 e. The molecule has 3 aliphatic rings. The highest BCUT2D eigenvalue weighted by molar-refractivity contribution is 5.90. The lowest BCUT2D eigenvalue weighted by Crippen LogP contribution is -2.41. The average molecular weight is 389 g/mol. The van der Waals surface area contributed by atoms with E-state index in [1.807, 2.05) is 4.90 Å². The second-order valence-corrected chi connectivity index (χ2v) is 7.72. The molecule has 0 radical (unpaired) electrons. The van der Waals surface area contributed by atoms with Crippen molar-refractivity contribution in [3.63, 3.8) is 0 Å². The minimum Gasteiger partial charge on any atom is -0.442 e. The van der Waals surface area contributed by atoms with Crippen LogP contribution in [0.15, 0.2) is 24.5 Å². The second kappa shape index (κ2) is 6.72. The molecule has 28 heavy (non-hydrogen) atoms. The maximum atomic E-state index is 15.0. The van der Waals surface area contributed by atoms with Crippen molar-refractivity contribution in [2.45, 2.75) is 56.8 Å². The summed E-state index contributed by atoms with van der Waals surface area (Å²) >= 11 is 0. The zero-order valence-electron chi connectivity index (χ0n) is 15.3. The highest BCUT2D eigenvalue weighted by Crippen LogP contribution is 2.42. The van der Waals surface area contributed by atoms with Crippen molar-refractivity contribution in [3.8, 4) is 0 Å². The van der Waals surface area contributed by atoms with Gasteiger partial charge in [0.1, 0.15) is 11.8 Å². The number of cyclic esters (lactones) is 1. The number of halogens is 2. The zero-order chi connectivity index (χ0) is 19.3.